The molecule has 0 spiro atoms. The molecule has 1 aliphatic carbocycles. The van der Waals surface area contributed by atoms with Gasteiger partial charge in [-0.2, -0.15) is 0 Å². The lowest BCUT2D eigenvalue weighted by Gasteiger charge is -2.27. The Kier molecular flexibility index (Phi) is 4.13. The molecule has 17 heavy (non-hydrogen) atoms. The molecule has 0 saturated carbocycles. The monoisotopic (exact) mass is 232 g/mol. The molecule has 0 aromatic carbocycles. The number of ether oxygens (including phenoxy) is 1. The van der Waals surface area contributed by atoms with Gasteiger partial charge in [-0.15, -0.1) is 0 Å². The van der Waals surface area contributed by atoms with Crippen LogP contribution in [0.3, 0.4) is 0 Å². The highest BCUT2D eigenvalue weighted by Crippen LogP contribution is 2.32. The smallest absolute Gasteiger partial charge is 0.106 e. The molecule has 1 rings (SSSR count). The van der Waals surface area contributed by atoms with E-state index in [9.17, 15) is 5.11 Å². The van der Waals surface area contributed by atoms with Gasteiger partial charge in [-0.1, -0.05) is 49.6 Å². The van der Waals surface area contributed by atoms with E-state index in [0.29, 0.717) is 12.4 Å². The molecule has 2 unspecified atom stereocenters. The van der Waals surface area contributed by atoms with E-state index < -0.39 is 11.0 Å². The van der Waals surface area contributed by atoms with E-state index in [1.54, 1.807) is 25.2 Å². The Bertz CT molecular complexity index is 386. The zero-order chi connectivity index (χ0) is 12.9. The molecule has 0 fully saturated rings. The minimum absolute atomic E-state index is 0.419. The third-order valence-corrected chi connectivity index (χ3v) is 2.73. The van der Waals surface area contributed by atoms with Gasteiger partial charge in [0.25, 0.3) is 0 Å². The van der Waals surface area contributed by atoms with Gasteiger partial charge < -0.3 is 9.84 Å². The second kappa shape index (κ2) is 5.19. The largest absolute Gasteiger partial charge is 0.493 e. The van der Waals surface area contributed by atoms with Crippen molar-refractivity contribution in [3.8, 4) is 0 Å². The maximum atomic E-state index is 9.98. The molecule has 0 heterocycles. The molecule has 0 aliphatic heterocycles. The van der Waals surface area contributed by atoms with Gasteiger partial charge >= 0.3 is 0 Å². The average Bonchev–Trinajstić information content (AvgIpc) is 2.27. The van der Waals surface area contributed by atoms with Crippen LogP contribution in [0.2, 0.25) is 0 Å². The maximum absolute atomic E-state index is 9.98. The molecule has 0 aromatic heterocycles. The maximum Gasteiger partial charge on any atom is 0.106 e. The Morgan fingerprint density at radius 1 is 1.24 bits per heavy atom. The summed E-state index contributed by atoms with van der Waals surface area (Å²) >= 11 is 0. The summed E-state index contributed by atoms with van der Waals surface area (Å²) in [4.78, 5) is 0. The van der Waals surface area contributed by atoms with Crippen molar-refractivity contribution in [1.29, 1.82) is 0 Å². The number of hydrogen-bond acceptors (Lipinski definition) is 2. The van der Waals surface area contributed by atoms with Crippen LogP contribution in [-0.4, -0.2) is 17.3 Å². The molecule has 0 saturated heterocycles. The fourth-order valence-electron chi connectivity index (χ4n) is 1.46. The van der Waals surface area contributed by atoms with E-state index in [2.05, 4.69) is 13.2 Å². The lowest BCUT2D eigenvalue weighted by Crippen LogP contribution is -2.22. The van der Waals surface area contributed by atoms with E-state index in [-0.39, 0.29) is 0 Å². The Balaban J connectivity index is 2.95. The predicted octanol–water partition coefficient (Wildman–Crippen LogP) is 3.14. The molecule has 1 aliphatic rings. The highest BCUT2D eigenvalue weighted by Gasteiger charge is 2.25. The molecular formula is C15H20O2. The Hall–Kier alpha value is -1.54. The lowest BCUT2D eigenvalue weighted by molar-refractivity contribution is 0.160. The van der Waals surface area contributed by atoms with Crippen molar-refractivity contribution in [2.45, 2.75) is 19.4 Å². The summed E-state index contributed by atoms with van der Waals surface area (Å²) in [6.07, 6.45) is 12.8. The molecule has 2 nitrogen and oxygen atoms in total. The van der Waals surface area contributed by atoms with Gasteiger partial charge in [0, 0.05) is 0 Å². The molecule has 0 aromatic rings. The normalized spacial score (nSPS) is 37.4. The SMILES string of the molecule is C=CCOC(=C)C1(C)/C=C\C=C/C(C)(O)/C=C\1. The minimum Gasteiger partial charge on any atom is -0.493 e. The van der Waals surface area contributed by atoms with Crippen LogP contribution in [0.4, 0.5) is 0 Å². The van der Waals surface area contributed by atoms with Crippen molar-refractivity contribution in [3.63, 3.8) is 0 Å². The molecule has 0 radical (unpaired) electrons. The third-order valence-electron chi connectivity index (χ3n) is 2.73. The molecule has 92 valence electrons. The van der Waals surface area contributed by atoms with Crippen LogP contribution in [0.5, 0.6) is 0 Å². The van der Waals surface area contributed by atoms with Crippen molar-refractivity contribution in [2.75, 3.05) is 6.61 Å². The van der Waals surface area contributed by atoms with Crippen LogP contribution < -0.4 is 0 Å². The van der Waals surface area contributed by atoms with Crippen molar-refractivity contribution >= 4 is 0 Å². The van der Waals surface area contributed by atoms with Gasteiger partial charge in [0.05, 0.1) is 11.0 Å². The van der Waals surface area contributed by atoms with Crippen molar-refractivity contribution in [1.82, 2.24) is 0 Å². The second-order valence-corrected chi connectivity index (χ2v) is 4.58. The minimum atomic E-state index is -0.940. The summed E-state index contributed by atoms with van der Waals surface area (Å²) in [6, 6.07) is 0. The summed E-state index contributed by atoms with van der Waals surface area (Å²) < 4.78 is 5.48. The van der Waals surface area contributed by atoms with Crippen LogP contribution in [0.15, 0.2) is 61.4 Å². The summed E-state index contributed by atoms with van der Waals surface area (Å²) in [7, 11) is 0. The topological polar surface area (TPSA) is 29.5 Å². The summed E-state index contributed by atoms with van der Waals surface area (Å²) in [6.45, 7) is 11.7. The van der Waals surface area contributed by atoms with E-state index >= 15 is 0 Å². The van der Waals surface area contributed by atoms with E-state index in [4.69, 9.17) is 4.74 Å². The second-order valence-electron chi connectivity index (χ2n) is 4.58. The van der Waals surface area contributed by atoms with Gasteiger partial charge in [0.15, 0.2) is 0 Å². The first-order chi connectivity index (χ1) is 7.90. The van der Waals surface area contributed by atoms with E-state index in [1.165, 1.54) is 0 Å². The quantitative estimate of drug-likeness (QED) is 0.596. The summed E-state index contributed by atoms with van der Waals surface area (Å²) in [5.74, 6) is 0.635. The molecule has 2 heteroatoms. The van der Waals surface area contributed by atoms with Crippen LogP contribution in [0.1, 0.15) is 13.8 Å². The summed E-state index contributed by atoms with van der Waals surface area (Å²) in [5.41, 5.74) is -1.36. The fraction of sp³-hybridized carbons (Fsp3) is 0.333. The number of aliphatic hydroxyl groups is 1. The Labute approximate surface area is 103 Å². The molecular weight excluding hydrogens is 212 g/mol. The van der Waals surface area contributed by atoms with Gasteiger partial charge in [-0.25, -0.2) is 0 Å². The van der Waals surface area contributed by atoms with Crippen LogP contribution in [0.25, 0.3) is 0 Å². The highest BCUT2D eigenvalue weighted by atomic mass is 16.5. The first kappa shape index (κ1) is 13.5. The predicted molar refractivity (Wildman–Crippen MR) is 71.4 cm³/mol. The fourth-order valence-corrected chi connectivity index (χ4v) is 1.46. The third kappa shape index (κ3) is 3.75. The zero-order valence-corrected chi connectivity index (χ0v) is 10.5. The van der Waals surface area contributed by atoms with Crippen LogP contribution in [0, 0.1) is 5.41 Å². The van der Waals surface area contributed by atoms with Crippen molar-refractivity contribution in [2.24, 2.45) is 5.41 Å². The molecule has 0 amide bonds. The van der Waals surface area contributed by atoms with Crippen molar-refractivity contribution < 1.29 is 9.84 Å². The lowest BCUT2D eigenvalue weighted by atomic mass is 9.84. The van der Waals surface area contributed by atoms with Crippen LogP contribution in [-0.2, 0) is 4.74 Å². The Morgan fingerprint density at radius 2 is 1.88 bits per heavy atom. The molecule has 0 bridgehead atoms. The Morgan fingerprint density at radius 3 is 2.53 bits per heavy atom. The number of rotatable bonds is 4. The standard InChI is InChI=1S/C15H20O2/c1-5-12-17-13(2)14(3)8-6-7-9-15(4,16)11-10-14/h5-11,16H,1-2,12H2,3-4H3/b8-6-,9-7-,11-10-. The molecule has 2 atom stereocenters. The van der Waals surface area contributed by atoms with Gasteiger partial charge in [-0.05, 0) is 19.9 Å². The average molecular weight is 232 g/mol. The number of hydrogen-bond donors (Lipinski definition) is 1. The highest BCUT2D eigenvalue weighted by molar-refractivity contribution is 5.30. The first-order valence-corrected chi connectivity index (χ1v) is 5.62. The van der Waals surface area contributed by atoms with Gasteiger partial charge in [-0.3, -0.25) is 0 Å². The van der Waals surface area contributed by atoms with Gasteiger partial charge in [0.1, 0.15) is 12.4 Å². The first-order valence-electron chi connectivity index (χ1n) is 5.62. The zero-order valence-electron chi connectivity index (χ0n) is 10.5. The number of allylic oxidation sites excluding steroid dienone is 3. The summed E-state index contributed by atoms with van der Waals surface area (Å²) in [5, 5.41) is 9.98. The van der Waals surface area contributed by atoms with E-state index in [0.717, 1.165) is 0 Å². The molecule has 1 N–H and O–H groups in total. The van der Waals surface area contributed by atoms with E-state index in [1.807, 2.05) is 31.2 Å². The van der Waals surface area contributed by atoms with Gasteiger partial charge in [0.2, 0.25) is 0 Å². The van der Waals surface area contributed by atoms with Crippen LogP contribution >= 0.6 is 0 Å². The van der Waals surface area contributed by atoms with Crippen molar-refractivity contribution in [3.05, 3.63) is 61.4 Å².